The van der Waals surface area contributed by atoms with Crippen LogP contribution < -0.4 is 9.80 Å². The Balaban J connectivity index is 2.07. The van der Waals surface area contributed by atoms with Gasteiger partial charge in [-0.1, -0.05) is 0 Å². The molecule has 0 spiro atoms. The van der Waals surface area contributed by atoms with E-state index < -0.39 is 5.60 Å². The first-order chi connectivity index (χ1) is 13.3. The van der Waals surface area contributed by atoms with E-state index in [1.54, 1.807) is 18.9 Å². The van der Waals surface area contributed by atoms with E-state index in [2.05, 4.69) is 22.9 Å². The third-order valence-corrected chi connectivity index (χ3v) is 5.21. The molecule has 1 aliphatic rings. The van der Waals surface area contributed by atoms with Gasteiger partial charge in [0.25, 0.3) is 0 Å². The number of aromatic nitrogens is 3. The molecule has 1 aliphatic heterocycles. The lowest BCUT2D eigenvalue weighted by Crippen LogP contribution is -2.39. The number of methoxy groups -OCH3 is 2. The average Bonchev–Trinajstić information content (AvgIpc) is 2.98. The molecule has 0 radical (unpaired) electrons. The second kappa shape index (κ2) is 8.06. The molecule has 0 amide bonds. The standard InChI is InChI=1S/C20H31N5O3/c1-14-10-17(23(2)3)21-11-16(14)25-9-7-8-15-18(24(4)22-19(15)25)20(26,12-27-5)13-28-6/h10-11,26H,7-9,12-13H2,1-6H3. The maximum Gasteiger partial charge on any atom is 0.158 e. The smallest absolute Gasteiger partial charge is 0.158 e. The zero-order chi connectivity index (χ0) is 20.5. The van der Waals surface area contributed by atoms with Gasteiger partial charge in [0.15, 0.2) is 11.4 Å². The van der Waals surface area contributed by atoms with Crippen LogP contribution in [0.1, 0.15) is 23.2 Å². The molecule has 0 aromatic carbocycles. The van der Waals surface area contributed by atoms with Gasteiger partial charge in [0, 0.05) is 47.5 Å². The van der Waals surface area contributed by atoms with Crippen LogP contribution in [-0.2, 0) is 28.5 Å². The number of rotatable bonds is 7. The van der Waals surface area contributed by atoms with E-state index in [9.17, 15) is 5.11 Å². The minimum absolute atomic E-state index is 0.144. The third kappa shape index (κ3) is 3.59. The van der Waals surface area contributed by atoms with Gasteiger partial charge in [0.05, 0.1) is 30.8 Å². The molecule has 2 aromatic rings. The Morgan fingerprint density at radius 1 is 1.25 bits per heavy atom. The summed E-state index contributed by atoms with van der Waals surface area (Å²) in [5, 5.41) is 16.0. The topological polar surface area (TPSA) is 75.9 Å². The van der Waals surface area contributed by atoms with Gasteiger partial charge in [-0.25, -0.2) is 4.98 Å². The van der Waals surface area contributed by atoms with Crippen LogP contribution in [0.15, 0.2) is 12.3 Å². The van der Waals surface area contributed by atoms with E-state index >= 15 is 0 Å². The van der Waals surface area contributed by atoms with Crippen LogP contribution in [0.4, 0.5) is 17.3 Å². The molecule has 1 N–H and O–H groups in total. The molecule has 0 bridgehead atoms. The van der Waals surface area contributed by atoms with Crippen LogP contribution in [0.2, 0.25) is 0 Å². The number of aliphatic hydroxyl groups is 1. The summed E-state index contributed by atoms with van der Waals surface area (Å²) in [5.41, 5.74) is 2.73. The van der Waals surface area contributed by atoms with Crippen molar-refractivity contribution >= 4 is 17.3 Å². The lowest BCUT2D eigenvalue weighted by molar-refractivity contribution is -0.0876. The van der Waals surface area contributed by atoms with Gasteiger partial charge in [0.1, 0.15) is 5.82 Å². The number of anilines is 3. The van der Waals surface area contributed by atoms with Gasteiger partial charge in [-0.2, -0.15) is 5.10 Å². The van der Waals surface area contributed by atoms with E-state index in [-0.39, 0.29) is 13.2 Å². The summed E-state index contributed by atoms with van der Waals surface area (Å²) >= 11 is 0. The molecule has 0 fully saturated rings. The predicted octanol–water partition coefficient (Wildman–Crippen LogP) is 1.75. The SMILES string of the molecule is COCC(O)(COC)c1c2c(nn1C)N(c1cnc(N(C)C)cc1C)CCC2. The minimum Gasteiger partial charge on any atom is -0.381 e. The maximum atomic E-state index is 11.3. The molecule has 0 saturated carbocycles. The summed E-state index contributed by atoms with van der Waals surface area (Å²) < 4.78 is 12.4. The Kier molecular flexibility index (Phi) is 5.92. The summed E-state index contributed by atoms with van der Waals surface area (Å²) in [6, 6.07) is 2.08. The second-order valence-electron chi connectivity index (χ2n) is 7.65. The monoisotopic (exact) mass is 389 g/mol. The fourth-order valence-electron chi connectivity index (χ4n) is 4.05. The maximum absolute atomic E-state index is 11.3. The van der Waals surface area contributed by atoms with Crippen molar-refractivity contribution in [2.24, 2.45) is 7.05 Å². The largest absolute Gasteiger partial charge is 0.381 e. The molecular weight excluding hydrogens is 358 g/mol. The van der Waals surface area contributed by atoms with Gasteiger partial charge in [-0.3, -0.25) is 4.68 Å². The van der Waals surface area contributed by atoms with Crippen molar-refractivity contribution in [2.45, 2.75) is 25.4 Å². The number of hydrogen-bond acceptors (Lipinski definition) is 7. The zero-order valence-electron chi connectivity index (χ0n) is 17.7. The molecule has 0 aliphatic carbocycles. The summed E-state index contributed by atoms with van der Waals surface area (Å²) in [7, 11) is 8.99. The highest BCUT2D eigenvalue weighted by atomic mass is 16.5. The van der Waals surface area contributed by atoms with Crippen molar-refractivity contribution in [3.8, 4) is 0 Å². The van der Waals surface area contributed by atoms with Crippen molar-refractivity contribution in [1.29, 1.82) is 0 Å². The highest BCUT2D eigenvalue weighted by Gasteiger charge is 2.39. The van der Waals surface area contributed by atoms with Crippen LogP contribution in [-0.4, -0.2) is 67.9 Å². The zero-order valence-corrected chi connectivity index (χ0v) is 17.7. The van der Waals surface area contributed by atoms with Crippen LogP contribution >= 0.6 is 0 Å². The summed E-state index contributed by atoms with van der Waals surface area (Å²) in [6.07, 6.45) is 3.73. The van der Waals surface area contributed by atoms with Crippen LogP contribution in [0.5, 0.6) is 0 Å². The molecule has 154 valence electrons. The summed E-state index contributed by atoms with van der Waals surface area (Å²) in [6.45, 7) is 3.24. The fourth-order valence-corrected chi connectivity index (χ4v) is 4.05. The second-order valence-corrected chi connectivity index (χ2v) is 7.65. The van der Waals surface area contributed by atoms with E-state index in [0.29, 0.717) is 0 Å². The Morgan fingerprint density at radius 3 is 2.50 bits per heavy atom. The first kappa shape index (κ1) is 20.6. The first-order valence-electron chi connectivity index (χ1n) is 9.50. The van der Waals surface area contributed by atoms with E-state index in [0.717, 1.165) is 53.5 Å². The average molecular weight is 390 g/mol. The lowest BCUT2D eigenvalue weighted by atomic mass is 9.93. The number of nitrogens with zero attached hydrogens (tertiary/aromatic N) is 5. The third-order valence-electron chi connectivity index (χ3n) is 5.21. The van der Waals surface area contributed by atoms with Gasteiger partial charge in [-0.15, -0.1) is 0 Å². The van der Waals surface area contributed by atoms with Gasteiger partial charge in [-0.05, 0) is 31.4 Å². The first-order valence-corrected chi connectivity index (χ1v) is 9.50. The van der Waals surface area contributed by atoms with E-state index in [1.165, 1.54) is 0 Å². The molecule has 2 aromatic heterocycles. The van der Waals surface area contributed by atoms with Crippen molar-refractivity contribution < 1.29 is 14.6 Å². The summed E-state index contributed by atoms with van der Waals surface area (Å²) in [5.74, 6) is 1.80. The predicted molar refractivity (Wildman–Crippen MR) is 109 cm³/mol. The number of hydrogen-bond donors (Lipinski definition) is 1. The Bertz CT molecular complexity index is 827. The molecule has 8 nitrogen and oxygen atoms in total. The van der Waals surface area contributed by atoms with E-state index in [1.807, 2.05) is 32.2 Å². The molecule has 3 rings (SSSR count). The number of fused-ring (bicyclic) bond motifs is 1. The number of pyridine rings is 1. The highest BCUT2D eigenvalue weighted by molar-refractivity contribution is 5.69. The van der Waals surface area contributed by atoms with Crippen molar-refractivity contribution in [3.05, 3.63) is 29.1 Å². The van der Waals surface area contributed by atoms with Crippen LogP contribution in [0.25, 0.3) is 0 Å². The quantitative estimate of drug-likeness (QED) is 0.773. The molecule has 0 saturated heterocycles. The summed E-state index contributed by atoms with van der Waals surface area (Å²) in [4.78, 5) is 8.78. The molecule has 0 atom stereocenters. The normalized spacial score (nSPS) is 14.3. The van der Waals surface area contributed by atoms with Crippen LogP contribution in [0, 0.1) is 6.92 Å². The Morgan fingerprint density at radius 2 is 1.93 bits per heavy atom. The lowest BCUT2D eigenvalue weighted by Gasteiger charge is -2.32. The minimum atomic E-state index is -1.25. The molecular formula is C20H31N5O3. The molecule has 8 heteroatoms. The Labute approximate surface area is 166 Å². The number of aryl methyl sites for hydroxylation is 2. The van der Waals surface area contributed by atoms with Crippen molar-refractivity contribution in [2.75, 3.05) is 57.9 Å². The molecule has 0 unspecified atom stereocenters. The van der Waals surface area contributed by atoms with Crippen molar-refractivity contribution in [1.82, 2.24) is 14.8 Å². The van der Waals surface area contributed by atoms with Gasteiger partial charge in [0.2, 0.25) is 0 Å². The van der Waals surface area contributed by atoms with Gasteiger partial charge < -0.3 is 24.4 Å². The molecule has 3 heterocycles. The van der Waals surface area contributed by atoms with E-state index in [4.69, 9.17) is 14.6 Å². The van der Waals surface area contributed by atoms with Crippen molar-refractivity contribution in [3.63, 3.8) is 0 Å². The van der Waals surface area contributed by atoms with Gasteiger partial charge >= 0.3 is 0 Å². The molecule has 28 heavy (non-hydrogen) atoms. The van der Waals surface area contributed by atoms with Crippen LogP contribution in [0.3, 0.4) is 0 Å². The fraction of sp³-hybridized carbons (Fsp3) is 0.600. The highest BCUT2D eigenvalue weighted by Crippen LogP contribution is 2.39. The Hall–Kier alpha value is -2.16. The number of ether oxygens (including phenoxy) is 2.